The highest BCUT2D eigenvalue weighted by molar-refractivity contribution is 7.98. The van der Waals surface area contributed by atoms with E-state index in [9.17, 15) is 0 Å². The lowest BCUT2D eigenvalue weighted by atomic mass is 10.3. The standard InChI is InChI=1S/C22H20N4OS2/c1-3-7-18(8-4-1)26-21(16-11-12-16)24-22(25-26)29-15-17-14-28-20(23-17)13-27-19-9-5-2-6-10-19/h1-10,14,16H,11-13,15H2. The van der Waals surface area contributed by atoms with Gasteiger partial charge in [0.25, 0.3) is 0 Å². The number of rotatable bonds is 8. The quantitative estimate of drug-likeness (QED) is 0.354. The van der Waals surface area contributed by atoms with Crippen LogP contribution in [0.5, 0.6) is 5.75 Å². The number of nitrogens with zero attached hydrogens (tertiary/aromatic N) is 4. The largest absolute Gasteiger partial charge is 0.486 e. The molecule has 2 heterocycles. The van der Waals surface area contributed by atoms with Gasteiger partial charge in [-0.15, -0.1) is 16.4 Å². The van der Waals surface area contributed by atoms with Gasteiger partial charge in [-0.2, -0.15) is 0 Å². The second-order valence-electron chi connectivity index (χ2n) is 6.90. The fourth-order valence-electron chi connectivity index (χ4n) is 3.01. The predicted octanol–water partition coefficient (Wildman–Crippen LogP) is 5.47. The van der Waals surface area contributed by atoms with E-state index in [4.69, 9.17) is 14.8 Å². The number of ether oxygens (including phenoxy) is 1. The minimum absolute atomic E-state index is 0.492. The van der Waals surface area contributed by atoms with Crippen LogP contribution in [0.1, 0.15) is 35.3 Å². The molecule has 0 N–H and O–H groups in total. The van der Waals surface area contributed by atoms with Gasteiger partial charge in [-0.25, -0.2) is 14.6 Å². The van der Waals surface area contributed by atoms with Gasteiger partial charge in [-0.1, -0.05) is 48.2 Å². The molecule has 5 rings (SSSR count). The maximum Gasteiger partial charge on any atom is 0.209 e. The highest BCUT2D eigenvalue weighted by Gasteiger charge is 2.30. The molecule has 2 aromatic carbocycles. The molecule has 5 nitrogen and oxygen atoms in total. The molecule has 146 valence electrons. The molecule has 2 aromatic heterocycles. The first-order valence-electron chi connectivity index (χ1n) is 9.61. The number of hydrogen-bond donors (Lipinski definition) is 0. The van der Waals surface area contributed by atoms with Crippen molar-refractivity contribution in [2.75, 3.05) is 0 Å². The second kappa shape index (κ2) is 8.39. The first-order valence-corrected chi connectivity index (χ1v) is 11.5. The molecule has 29 heavy (non-hydrogen) atoms. The summed E-state index contributed by atoms with van der Waals surface area (Å²) in [6.07, 6.45) is 2.40. The Hall–Kier alpha value is -2.64. The van der Waals surface area contributed by atoms with Crippen LogP contribution in [0.25, 0.3) is 5.69 Å². The molecule has 1 fully saturated rings. The van der Waals surface area contributed by atoms with Crippen molar-refractivity contribution in [3.63, 3.8) is 0 Å². The first-order chi connectivity index (χ1) is 14.3. The summed E-state index contributed by atoms with van der Waals surface area (Å²) < 4.78 is 7.78. The molecule has 0 bridgehead atoms. The summed E-state index contributed by atoms with van der Waals surface area (Å²) in [5, 5.41) is 8.64. The van der Waals surface area contributed by atoms with Gasteiger partial charge < -0.3 is 4.74 Å². The molecule has 4 aromatic rings. The average molecular weight is 421 g/mol. The minimum Gasteiger partial charge on any atom is -0.486 e. The van der Waals surface area contributed by atoms with Crippen molar-refractivity contribution in [1.82, 2.24) is 19.7 Å². The van der Waals surface area contributed by atoms with E-state index < -0.39 is 0 Å². The molecular weight excluding hydrogens is 400 g/mol. The lowest BCUT2D eigenvalue weighted by Crippen LogP contribution is -2.01. The summed E-state index contributed by atoms with van der Waals surface area (Å²) >= 11 is 3.27. The van der Waals surface area contributed by atoms with Crippen LogP contribution in [0.15, 0.2) is 71.2 Å². The summed E-state index contributed by atoms with van der Waals surface area (Å²) in [6, 6.07) is 20.1. The number of thioether (sulfide) groups is 1. The third-order valence-corrected chi connectivity index (χ3v) is 6.35. The van der Waals surface area contributed by atoms with Crippen LogP contribution in [0.3, 0.4) is 0 Å². The van der Waals surface area contributed by atoms with Crippen LogP contribution >= 0.6 is 23.1 Å². The minimum atomic E-state index is 0.492. The Kier molecular flexibility index (Phi) is 5.32. The molecular formula is C22H20N4OS2. The first kappa shape index (κ1) is 18.4. The zero-order valence-corrected chi connectivity index (χ0v) is 17.4. The fraction of sp³-hybridized carbons (Fsp3) is 0.227. The smallest absolute Gasteiger partial charge is 0.209 e. The molecule has 0 amide bonds. The Morgan fingerprint density at radius 2 is 1.76 bits per heavy atom. The lowest BCUT2D eigenvalue weighted by Gasteiger charge is -2.03. The third kappa shape index (κ3) is 4.52. The molecule has 0 spiro atoms. The number of hydrogen-bond acceptors (Lipinski definition) is 6. The molecule has 1 saturated carbocycles. The van der Waals surface area contributed by atoms with Gasteiger partial charge >= 0.3 is 0 Å². The average Bonchev–Trinajstić information content (AvgIpc) is 3.37. The Bertz CT molecular complexity index is 1070. The highest BCUT2D eigenvalue weighted by atomic mass is 32.2. The van der Waals surface area contributed by atoms with Crippen molar-refractivity contribution in [3.05, 3.63) is 82.6 Å². The Labute approximate surface area is 177 Å². The van der Waals surface area contributed by atoms with Crippen LogP contribution in [0.2, 0.25) is 0 Å². The van der Waals surface area contributed by atoms with Crippen molar-refractivity contribution in [2.24, 2.45) is 0 Å². The number of para-hydroxylation sites is 2. The molecule has 0 atom stereocenters. The van der Waals surface area contributed by atoms with E-state index >= 15 is 0 Å². The number of thiazole rings is 1. The maximum atomic E-state index is 5.78. The zero-order valence-electron chi connectivity index (χ0n) is 15.8. The highest BCUT2D eigenvalue weighted by Crippen LogP contribution is 2.40. The summed E-state index contributed by atoms with van der Waals surface area (Å²) in [5.41, 5.74) is 2.11. The number of benzene rings is 2. The van der Waals surface area contributed by atoms with Crippen molar-refractivity contribution in [1.29, 1.82) is 0 Å². The zero-order chi connectivity index (χ0) is 19.5. The normalized spacial score (nSPS) is 13.5. The molecule has 7 heteroatoms. The van der Waals surface area contributed by atoms with Crippen molar-refractivity contribution in [2.45, 2.75) is 36.3 Å². The number of aromatic nitrogens is 4. The van der Waals surface area contributed by atoms with E-state index in [0.29, 0.717) is 12.5 Å². The Balaban J connectivity index is 1.23. The van der Waals surface area contributed by atoms with Gasteiger partial charge in [0, 0.05) is 17.1 Å². The van der Waals surface area contributed by atoms with E-state index in [2.05, 4.69) is 22.5 Å². The van der Waals surface area contributed by atoms with E-state index in [1.165, 1.54) is 12.8 Å². The summed E-state index contributed by atoms with van der Waals surface area (Å²) in [5.74, 6) is 3.24. The second-order valence-corrected chi connectivity index (χ2v) is 8.78. The monoisotopic (exact) mass is 420 g/mol. The molecule has 0 unspecified atom stereocenters. The van der Waals surface area contributed by atoms with Crippen molar-refractivity contribution < 1.29 is 4.74 Å². The van der Waals surface area contributed by atoms with Crippen LogP contribution in [-0.2, 0) is 12.4 Å². The summed E-state index contributed by atoms with van der Waals surface area (Å²) in [6.45, 7) is 0.492. The van der Waals surface area contributed by atoms with Gasteiger partial charge in [0.05, 0.1) is 11.4 Å². The molecule has 0 aliphatic heterocycles. The van der Waals surface area contributed by atoms with E-state index in [1.807, 2.05) is 53.2 Å². The van der Waals surface area contributed by atoms with E-state index in [0.717, 1.165) is 38.9 Å². The summed E-state index contributed by atoms with van der Waals surface area (Å²) in [4.78, 5) is 9.50. The molecule has 0 radical (unpaired) electrons. The van der Waals surface area contributed by atoms with Gasteiger partial charge in [0.15, 0.2) is 0 Å². The SMILES string of the molecule is c1ccc(OCc2nc(CSc3nc(C4CC4)n(-c4ccccc4)n3)cs2)cc1. The maximum absolute atomic E-state index is 5.78. The predicted molar refractivity (Wildman–Crippen MR) is 116 cm³/mol. The van der Waals surface area contributed by atoms with Crippen LogP contribution < -0.4 is 4.74 Å². The topological polar surface area (TPSA) is 52.8 Å². The third-order valence-electron chi connectivity index (χ3n) is 4.61. The van der Waals surface area contributed by atoms with Crippen LogP contribution in [0.4, 0.5) is 0 Å². The Morgan fingerprint density at radius 1 is 1.00 bits per heavy atom. The van der Waals surface area contributed by atoms with Crippen LogP contribution in [-0.4, -0.2) is 19.7 Å². The van der Waals surface area contributed by atoms with Crippen molar-refractivity contribution >= 4 is 23.1 Å². The molecule has 1 aliphatic carbocycles. The Morgan fingerprint density at radius 3 is 2.52 bits per heavy atom. The molecule has 0 saturated heterocycles. The van der Waals surface area contributed by atoms with Gasteiger partial charge in [-0.3, -0.25) is 0 Å². The fourth-order valence-corrected chi connectivity index (χ4v) is 4.55. The summed E-state index contributed by atoms with van der Waals surface area (Å²) in [7, 11) is 0. The van der Waals surface area contributed by atoms with E-state index in [1.54, 1.807) is 23.1 Å². The van der Waals surface area contributed by atoms with Gasteiger partial charge in [0.2, 0.25) is 5.16 Å². The lowest BCUT2D eigenvalue weighted by molar-refractivity contribution is 0.305. The van der Waals surface area contributed by atoms with E-state index in [-0.39, 0.29) is 0 Å². The van der Waals surface area contributed by atoms with Crippen LogP contribution in [0, 0.1) is 0 Å². The van der Waals surface area contributed by atoms with Gasteiger partial charge in [0.1, 0.15) is 23.2 Å². The molecule has 1 aliphatic rings. The van der Waals surface area contributed by atoms with Crippen molar-refractivity contribution in [3.8, 4) is 11.4 Å². The van der Waals surface area contributed by atoms with Gasteiger partial charge in [-0.05, 0) is 37.1 Å².